The molecule has 0 spiro atoms. The largest absolute Gasteiger partial charge is 0.508 e. The number of azide groups is 1. The summed E-state index contributed by atoms with van der Waals surface area (Å²) in [6, 6.07) is 2.78. The number of phenolic OH excluding ortho intramolecular Hbond substituents is 1. The number of aryl methyl sites for hydroxylation is 1. The molecule has 1 aliphatic rings. The molecular formula is C17H24N4O3S. The average Bonchev–Trinajstić information content (AvgIpc) is 2.81. The summed E-state index contributed by atoms with van der Waals surface area (Å²) in [4.78, 5) is 6.27. The van der Waals surface area contributed by atoms with Crippen LogP contribution in [0.4, 0.5) is 5.69 Å². The number of sulfone groups is 1. The van der Waals surface area contributed by atoms with Crippen molar-refractivity contribution in [2.45, 2.75) is 69.6 Å². The summed E-state index contributed by atoms with van der Waals surface area (Å²) in [5.41, 5.74) is 9.35. The molecule has 0 bridgehead atoms. The van der Waals surface area contributed by atoms with Crippen LogP contribution in [0, 0.1) is 0 Å². The minimum atomic E-state index is -3.92. The Balaban J connectivity index is 1.94. The molecule has 136 valence electrons. The summed E-state index contributed by atoms with van der Waals surface area (Å²) in [6.07, 6.45) is 10.2. The van der Waals surface area contributed by atoms with Gasteiger partial charge in [0.25, 0.3) is 0 Å². The van der Waals surface area contributed by atoms with Crippen molar-refractivity contribution < 1.29 is 13.5 Å². The Labute approximate surface area is 148 Å². The predicted molar refractivity (Wildman–Crippen MR) is 97.8 cm³/mol. The molecule has 0 radical (unpaired) electrons. The van der Waals surface area contributed by atoms with E-state index in [1.165, 1.54) is 44.6 Å². The average molecular weight is 364 g/mol. The number of aliphatic imine (C=N–C) groups is 1. The molecule has 0 aromatic heterocycles. The Hall–Kier alpha value is -2.05. The zero-order valence-corrected chi connectivity index (χ0v) is 15.3. The normalized spacial score (nSPS) is 14.7. The molecule has 1 N–H and O–H groups in total. The number of benzene rings is 1. The molecule has 1 aromatic carbocycles. The van der Waals surface area contributed by atoms with Gasteiger partial charge in [0.2, 0.25) is 15.0 Å². The third-order valence-electron chi connectivity index (χ3n) is 4.34. The maximum atomic E-state index is 12.1. The Morgan fingerprint density at radius 3 is 2.40 bits per heavy atom. The van der Waals surface area contributed by atoms with Crippen molar-refractivity contribution in [2.75, 3.05) is 0 Å². The van der Waals surface area contributed by atoms with E-state index in [0.29, 0.717) is 12.0 Å². The number of nitrogens with zero attached hydrogens (tertiary/aromatic N) is 4. The fourth-order valence-electron chi connectivity index (χ4n) is 2.93. The maximum absolute atomic E-state index is 12.1. The Bertz CT molecular complexity index is 796. The quantitative estimate of drug-likeness (QED) is 0.282. The highest BCUT2D eigenvalue weighted by atomic mass is 32.2. The van der Waals surface area contributed by atoms with E-state index < -0.39 is 15.0 Å². The van der Waals surface area contributed by atoms with Crippen molar-refractivity contribution in [3.63, 3.8) is 0 Å². The molecular weight excluding hydrogens is 340 g/mol. The predicted octanol–water partition coefficient (Wildman–Crippen LogP) is 5.16. The number of hydrogen-bond donors (Lipinski definition) is 1. The highest BCUT2D eigenvalue weighted by molar-refractivity contribution is 8.06. The number of rotatable bonds is 9. The lowest BCUT2D eigenvalue weighted by molar-refractivity contribution is 0.464. The van der Waals surface area contributed by atoms with E-state index in [9.17, 15) is 13.5 Å². The van der Waals surface area contributed by atoms with E-state index in [0.717, 1.165) is 12.8 Å². The molecule has 0 aliphatic carbocycles. The van der Waals surface area contributed by atoms with Crippen LogP contribution in [0.2, 0.25) is 0 Å². The van der Waals surface area contributed by atoms with Gasteiger partial charge in [0.1, 0.15) is 10.6 Å². The Morgan fingerprint density at radius 1 is 1.12 bits per heavy atom. The molecule has 1 heterocycles. The molecule has 0 saturated carbocycles. The number of hydrogen-bond acceptors (Lipinski definition) is 5. The van der Waals surface area contributed by atoms with Crippen LogP contribution in [0.1, 0.15) is 63.9 Å². The lowest BCUT2D eigenvalue weighted by atomic mass is 10.0. The second-order valence-corrected chi connectivity index (χ2v) is 8.07. The van der Waals surface area contributed by atoms with E-state index in [4.69, 9.17) is 5.53 Å². The van der Waals surface area contributed by atoms with E-state index in [1.54, 1.807) is 6.07 Å². The van der Waals surface area contributed by atoms with Gasteiger partial charge in [0.15, 0.2) is 0 Å². The molecule has 8 heteroatoms. The van der Waals surface area contributed by atoms with Gasteiger partial charge in [-0.3, -0.25) is 0 Å². The van der Waals surface area contributed by atoms with Crippen molar-refractivity contribution in [3.05, 3.63) is 28.1 Å². The molecule has 0 fully saturated rings. The summed E-state index contributed by atoms with van der Waals surface area (Å²) in [5.74, 6) is -0.0531. The SMILES string of the molecule is CCCCCCCCCCc1cc2c(cc1O)S(=O)(=O)C(N=[N+]=[N-])=N2. The van der Waals surface area contributed by atoms with Gasteiger partial charge in [-0.05, 0) is 35.1 Å². The lowest BCUT2D eigenvalue weighted by Crippen LogP contribution is -2.07. The van der Waals surface area contributed by atoms with Crippen LogP contribution in [0.5, 0.6) is 5.75 Å². The molecule has 0 unspecified atom stereocenters. The van der Waals surface area contributed by atoms with Gasteiger partial charge in [0, 0.05) is 11.0 Å². The van der Waals surface area contributed by atoms with Crippen LogP contribution in [0.15, 0.2) is 27.1 Å². The minimum Gasteiger partial charge on any atom is -0.508 e. The third kappa shape index (κ3) is 4.74. The number of amidine groups is 1. The maximum Gasteiger partial charge on any atom is 0.228 e. The van der Waals surface area contributed by atoms with Crippen molar-refractivity contribution in [1.82, 2.24) is 0 Å². The van der Waals surface area contributed by atoms with Crippen LogP contribution in [-0.4, -0.2) is 18.7 Å². The molecule has 1 aromatic rings. The topological polar surface area (TPSA) is 115 Å². The van der Waals surface area contributed by atoms with Crippen molar-refractivity contribution >= 4 is 20.7 Å². The first-order valence-electron chi connectivity index (χ1n) is 8.75. The zero-order valence-electron chi connectivity index (χ0n) is 14.5. The van der Waals surface area contributed by atoms with E-state index in [2.05, 4.69) is 21.9 Å². The third-order valence-corrected chi connectivity index (χ3v) is 5.90. The number of unbranched alkanes of at least 4 members (excludes halogenated alkanes) is 7. The highest BCUT2D eigenvalue weighted by Gasteiger charge is 2.32. The number of phenols is 1. The zero-order chi connectivity index (χ0) is 18.3. The van der Waals surface area contributed by atoms with Gasteiger partial charge in [-0.1, -0.05) is 51.9 Å². The second-order valence-electron chi connectivity index (χ2n) is 6.26. The molecule has 25 heavy (non-hydrogen) atoms. The van der Waals surface area contributed by atoms with Gasteiger partial charge in [-0.2, -0.15) is 0 Å². The number of aromatic hydroxyl groups is 1. The summed E-state index contributed by atoms with van der Waals surface area (Å²) >= 11 is 0. The van der Waals surface area contributed by atoms with Gasteiger partial charge in [0.05, 0.1) is 5.69 Å². The van der Waals surface area contributed by atoms with Crippen LogP contribution in [0.3, 0.4) is 0 Å². The summed E-state index contributed by atoms with van der Waals surface area (Å²) in [6.45, 7) is 2.20. The van der Waals surface area contributed by atoms with Crippen LogP contribution >= 0.6 is 0 Å². The van der Waals surface area contributed by atoms with Crippen LogP contribution in [0.25, 0.3) is 10.4 Å². The van der Waals surface area contributed by atoms with Crippen LogP contribution in [-0.2, 0) is 16.3 Å². The monoisotopic (exact) mass is 364 g/mol. The molecule has 0 saturated heterocycles. The number of fused-ring (bicyclic) bond motifs is 1. The lowest BCUT2D eigenvalue weighted by Gasteiger charge is -2.07. The fourth-order valence-corrected chi connectivity index (χ4v) is 4.13. The summed E-state index contributed by atoms with van der Waals surface area (Å²) in [5, 5.41) is 12.7. The molecule has 1 aliphatic heterocycles. The molecule has 2 rings (SSSR count). The Kier molecular flexibility index (Phi) is 6.84. The summed E-state index contributed by atoms with van der Waals surface area (Å²) < 4.78 is 24.3. The Morgan fingerprint density at radius 2 is 1.76 bits per heavy atom. The van der Waals surface area contributed by atoms with E-state index >= 15 is 0 Å². The van der Waals surface area contributed by atoms with Crippen molar-refractivity contribution in [1.29, 1.82) is 0 Å². The van der Waals surface area contributed by atoms with E-state index in [1.807, 2.05) is 0 Å². The van der Waals surface area contributed by atoms with Crippen LogP contribution < -0.4 is 0 Å². The minimum absolute atomic E-state index is 0.0531. The van der Waals surface area contributed by atoms with Crippen molar-refractivity contribution in [3.8, 4) is 5.75 Å². The summed E-state index contributed by atoms with van der Waals surface area (Å²) in [7, 11) is -3.92. The van der Waals surface area contributed by atoms with Gasteiger partial charge in [-0.15, -0.1) is 0 Å². The van der Waals surface area contributed by atoms with E-state index in [-0.39, 0.29) is 16.3 Å². The second kappa shape index (κ2) is 8.87. The molecule has 7 nitrogen and oxygen atoms in total. The standard InChI is InChI=1S/C17H24N4O3S/c1-2-3-4-5-6-7-8-9-10-13-11-14-16(12-15(13)22)25(23,24)17(19-14)20-21-18/h11-12,22H,2-10H2,1H3. The smallest absolute Gasteiger partial charge is 0.228 e. The molecule has 0 amide bonds. The first-order chi connectivity index (χ1) is 12.0. The highest BCUT2D eigenvalue weighted by Crippen LogP contribution is 2.38. The van der Waals surface area contributed by atoms with Crippen molar-refractivity contribution in [2.24, 2.45) is 10.1 Å². The first-order valence-corrected chi connectivity index (χ1v) is 10.2. The van der Waals surface area contributed by atoms with Gasteiger partial charge < -0.3 is 5.11 Å². The molecule has 0 atom stereocenters. The first kappa shape index (κ1) is 19.3. The van der Waals surface area contributed by atoms with Gasteiger partial charge in [-0.25, -0.2) is 13.4 Å². The van der Waals surface area contributed by atoms with Gasteiger partial charge >= 0.3 is 0 Å². The fraction of sp³-hybridized carbons (Fsp3) is 0.588.